The quantitative estimate of drug-likeness (QED) is 0.148. The van der Waals surface area contributed by atoms with Crippen LogP contribution < -0.4 is 15.2 Å². The Kier molecular flexibility index (Phi) is 9.73. The number of carbonyl (C=O) groups is 1. The van der Waals surface area contributed by atoms with E-state index in [0.29, 0.717) is 55.6 Å². The van der Waals surface area contributed by atoms with Crippen LogP contribution in [0.5, 0.6) is 11.5 Å². The lowest BCUT2D eigenvalue weighted by Gasteiger charge is -2.20. The topological polar surface area (TPSA) is 130 Å². The second-order valence-corrected chi connectivity index (χ2v) is 11.9. The van der Waals surface area contributed by atoms with E-state index < -0.39 is 5.91 Å². The number of hydrogen-bond acceptors (Lipinski definition) is 9. The Morgan fingerprint density at radius 3 is 2.15 bits per heavy atom. The first-order valence-corrected chi connectivity index (χ1v) is 15.8. The van der Waals surface area contributed by atoms with E-state index in [1.165, 1.54) is 0 Å². The number of amides is 1. The first kappa shape index (κ1) is 31.0. The van der Waals surface area contributed by atoms with Gasteiger partial charge in [0.1, 0.15) is 30.5 Å². The van der Waals surface area contributed by atoms with Gasteiger partial charge < -0.3 is 24.3 Å². The van der Waals surface area contributed by atoms with E-state index in [1.807, 2.05) is 66.7 Å². The van der Waals surface area contributed by atoms with E-state index in [4.69, 9.17) is 24.3 Å². The maximum absolute atomic E-state index is 12.3. The largest absolute Gasteiger partial charge is 0.488 e. The second-order valence-electron chi connectivity index (χ2n) is 11.9. The molecule has 1 aliphatic rings. The highest BCUT2D eigenvalue weighted by molar-refractivity contribution is 5.97. The van der Waals surface area contributed by atoms with Crippen LogP contribution in [0.4, 0.5) is 0 Å². The first-order valence-electron chi connectivity index (χ1n) is 15.8. The molecule has 6 rings (SSSR count). The van der Waals surface area contributed by atoms with Gasteiger partial charge >= 0.3 is 0 Å². The molecule has 1 amide bonds. The molecule has 0 aliphatic carbocycles. The average Bonchev–Trinajstić information content (AvgIpc) is 3.85. The number of aromatic nitrogens is 3. The molecule has 238 valence electrons. The third kappa shape index (κ3) is 7.46. The molecule has 2 aromatic heterocycles. The summed E-state index contributed by atoms with van der Waals surface area (Å²) in [5.41, 5.74) is 10.2. The van der Waals surface area contributed by atoms with Gasteiger partial charge in [0.2, 0.25) is 11.7 Å². The highest BCUT2D eigenvalue weighted by atomic mass is 16.5. The maximum atomic E-state index is 12.3. The van der Waals surface area contributed by atoms with Crippen LogP contribution in [0.1, 0.15) is 77.0 Å². The number of hydrogen-bond donors (Lipinski definition) is 1. The van der Waals surface area contributed by atoms with E-state index >= 15 is 0 Å². The predicted molar refractivity (Wildman–Crippen MR) is 172 cm³/mol. The number of nitrogens with zero attached hydrogens (tertiary/aromatic N) is 4. The molecule has 10 heteroatoms. The van der Waals surface area contributed by atoms with Crippen molar-refractivity contribution in [1.29, 1.82) is 0 Å². The SMILES string of the molecule is CC(C)c1cc(CCc2onc(C(N)=O)c2-c2noc(CN3CCCC3)n2)c(OCc2ccccc2)cc1OCc1ccccc1. The number of rotatable bonds is 14. The smallest absolute Gasteiger partial charge is 0.271 e. The molecule has 0 spiro atoms. The van der Waals surface area contributed by atoms with Crippen LogP contribution in [-0.4, -0.2) is 39.2 Å². The lowest BCUT2D eigenvalue weighted by Crippen LogP contribution is -2.18. The fourth-order valence-electron chi connectivity index (χ4n) is 5.70. The molecule has 0 atom stereocenters. The molecule has 10 nitrogen and oxygen atoms in total. The zero-order chi connectivity index (χ0) is 31.9. The summed E-state index contributed by atoms with van der Waals surface area (Å²) in [6.07, 6.45) is 3.23. The Bertz CT molecular complexity index is 1740. The molecule has 2 N–H and O–H groups in total. The minimum Gasteiger partial charge on any atom is -0.488 e. The summed E-state index contributed by atoms with van der Waals surface area (Å²) in [7, 11) is 0. The van der Waals surface area contributed by atoms with Gasteiger partial charge in [0.05, 0.1) is 12.1 Å². The molecule has 1 aliphatic heterocycles. The Morgan fingerprint density at radius 1 is 0.870 bits per heavy atom. The minimum absolute atomic E-state index is 0.0170. The minimum atomic E-state index is -0.718. The molecule has 0 unspecified atom stereocenters. The van der Waals surface area contributed by atoms with Crippen molar-refractivity contribution in [2.24, 2.45) is 5.73 Å². The fourth-order valence-corrected chi connectivity index (χ4v) is 5.70. The van der Waals surface area contributed by atoms with Gasteiger partial charge in [0.25, 0.3) is 5.91 Å². The summed E-state index contributed by atoms with van der Waals surface area (Å²) in [4.78, 5) is 19.2. The summed E-state index contributed by atoms with van der Waals surface area (Å²) >= 11 is 0. The Hall–Kier alpha value is -4.96. The van der Waals surface area contributed by atoms with Crippen molar-refractivity contribution < 1.29 is 23.3 Å². The highest BCUT2D eigenvalue weighted by Crippen LogP contribution is 2.36. The van der Waals surface area contributed by atoms with Crippen molar-refractivity contribution in [3.05, 3.63) is 112 Å². The number of likely N-dealkylation sites (tertiary alicyclic amines) is 1. The van der Waals surface area contributed by atoms with Crippen LogP contribution in [0.3, 0.4) is 0 Å². The van der Waals surface area contributed by atoms with Gasteiger partial charge in [-0.2, -0.15) is 4.98 Å². The zero-order valence-corrected chi connectivity index (χ0v) is 26.3. The molecule has 46 heavy (non-hydrogen) atoms. The highest BCUT2D eigenvalue weighted by Gasteiger charge is 2.27. The van der Waals surface area contributed by atoms with E-state index in [2.05, 4.69) is 40.1 Å². The summed E-state index contributed by atoms with van der Waals surface area (Å²) in [5.74, 6) is 2.13. The lowest BCUT2D eigenvalue weighted by molar-refractivity contribution is 0.0992. The number of ether oxygens (including phenoxy) is 2. The maximum Gasteiger partial charge on any atom is 0.271 e. The molecular weight excluding hydrogens is 582 g/mol. The standard InChI is InChI=1S/C36H39N5O5/c1-24(2)28-19-27(30(43-22-25-11-5-3-6-12-25)20-31(28)44-23-26-13-7-4-8-14-26)15-16-29-33(34(35(37)42)39-45-29)36-38-32(46-40-36)21-41-17-9-10-18-41/h3-8,11-14,19-20,24H,9-10,15-18,21-23H2,1-2H3,(H2,37,42). The molecule has 1 saturated heterocycles. The molecule has 1 fully saturated rings. The van der Waals surface area contributed by atoms with Gasteiger partial charge in [-0.05, 0) is 66.6 Å². The number of primary amides is 1. The van der Waals surface area contributed by atoms with Gasteiger partial charge in [0, 0.05) is 12.5 Å². The van der Waals surface area contributed by atoms with Crippen LogP contribution in [0.25, 0.3) is 11.4 Å². The third-order valence-electron chi connectivity index (χ3n) is 8.16. The second kappa shape index (κ2) is 14.4. The molecular formula is C36H39N5O5. The summed E-state index contributed by atoms with van der Waals surface area (Å²) < 4.78 is 24.0. The number of benzene rings is 3. The van der Waals surface area contributed by atoms with Crippen LogP contribution in [-0.2, 0) is 32.6 Å². The van der Waals surface area contributed by atoms with Crippen molar-refractivity contribution in [3.63, 3.8) is 0 Å². The van der Waals surface area contributed by atoms with Crippen LogP contribution in [0.2, 0.25) is 0 Å². The number of aryl methyl sites for hydroxylation is 2. The Morgan fingerprint density at radius 2 is 1.52 bits per heavy atom. The fraction of sp³-hybridized carbons (Fsp3) is 0.333. The molecule has 0 radical (unpaired) electrons. The molecule has 3 aromatic carbocycles. The van der Waals surface area contributed by atoms with Gasteiger partial charge in [-0.25, -0.2) is 0 Å². The van der Waals surface area contributed by atoms with Crippen molar-refractivity contribution in [2.75, 3.05) is 13.1 Å². The molecule has 0 bridgehead atoms. The van der Waals surface area contributed by atoms with E-state index in [0.717, 1.165) is 53.9 Å². The number of nitrogens with two attached hydrogens (primary N) is 1. The summed E-state index contributed by atoms with van der Waals surface area (Å²) in [6, 6.07) is 24.2. The molecule has 5 aromatic rings. The number of carbonyl (C=O) groups excluding carboxylic acids is 1. The van der Waals surface area contributed by atoms with Gasteiger partial charge in [0.15, 0.2) is 5.69 Å². The van der Waals surface area contributed by atoms with Crippen molar-refractivity contribution in [2.45, 2.75) is 65.2 Å². The Labute approximate surface area is 268 Å². The molecule has 0 saturated carbocycles. The predicted octanol–water partition coefficient (Wildman–Crippen LogP) is 6.49. The van der Waals surface area contributed by atoms with Crippen LogP contribution in [0, 0.1) is 0 Å². The van der Waals surface area contributed by atoms with Crippen molar-refractivity contribution >= 4 is 5.91 Å². The average molecular weight is 622 g/mol. The van der Waals surface area contributed by atoms with Crippen LogP contribution in [0.15, 0.2) is 81.8 Å². The summed E-state index contributed by atoms with van der Waals surface area (Å²) in [6.45, 7) is 7.66. The zero-order valence-electron chi connectivity index (χ0n) is 26.3. The third-order valence-corrected chi connectivity index (χ3v) is 8.16. The lowest BCUT2D eigenvalue weighted by atomic mass is 9.96. The van der Waals surface area contributed by atoms with Crippen LogP contribution >= 0.6 is 0 Å². The van der Waals surface area contributed by atoms with E-state index in [-0.39, 0.29) is 17.4 Å². The van der Waals surface area contributed by atoms with E-state index in [9.17, 15) is 4.79 Å². The van der Waals surface area contributed by atoms with Crippen molar-refractivity contribution in [3.8, 4) is 22.9 Å². The monoisotopic (exact) mass is 621 g/mol. The Balaban J connectivity index is 1.28. The molecule has 3 heterocycles. The van der Waals surface area contributed by atoms with Gasteiger partial charge in [-0.3, -0.25) is 9.69 Å². The van der Waals surface area contributed by atoms with E-state index in [1.54, 1.807) is 0 Å². The van der Waals surface area contributed by atoms with Crippen molar-refractivity contribution in [1.82, 2.24) is 20.2 Å². The van der Waals surface area contributed by atoms with Gasteiger partial charge in [-0.15, -0.1) is 0 Å². The normalized spacial score (nSPS) is 13.4. The first-order chi connectivity index (χ1) is 22.4. The van der Waals surface area contributed by atoms with Gasteiger partial charge in [-0.1, -0.05) is 84.8 Å². The summed E-state index contributed by atoms with van der Waals surface area (Å²) in [5, 5.41) is 8.17.